The summed E-state index contributed by atoms with van der Waals surface area (Å²) in [6, 6.07) is 0. The summed E-state index contributed by atoms with van der Waals surface area (Å²) in [7, 11) is -4.17. The van der Waals surface area contributed by atoms with Crippen molar-refractivity contribution >= 4 is 33.5 Å². The van der Waals surface area contributed by atoms with Gasteiger partial charge in [0.05, 0.1) is 13.2 Å². The fraction of sp³-hybridized carbons (Fsp3) is 1.00. The lowest BCUT2D eigenvalue weighted by Gasteiger charge is -2.00. The molecule has 0 rings (SSSR count). The molecule has 0 aliphatic rings. The summed E-state index contributed by atoms with van der Waals surface area (Å²) in [5, 5.41) is 10.1. The van der Waals surface area contributed by atoms with Crippen molar-refractivity contribution in [1.29, 1.82) is 0 Å². The maximum absolute atomic E-state index is 10.1. The predicted octanol–water partition coefficient (Wildman–Crippen LogP) is 3.25. The van der Waals surface area contributed by atoms with Gasteiger partial charge in [-0.25, -0.2) is 9.29 Å². The Morgan fingerprint density at radius 3 is 1.43 bits per heavy atom. The third kappa shape index (κ3) is 33.4. The van der Waals surface area contributed by atoms with E-state index in [2.05, 4.69) is 11.1 Å². The lowest BCUT2D eigenvalue weighted by Crippen LogP contribution is -2.01. The number of unbranched alkanes of at least 4 members (excludes halogenated alkanes) is 9. The molecule has 1 radical (unpaired) electrons. The first-order valence-electron chi connectivity index (χ1n) is 7.67. The summed E-state index contributed by atoms with van der Waals surface area (Å²) < 4.78 is 30.7. The molecule has 0 bridgehead atoms. The predicted molar refractivity (Wildman–Crippen MR) is 89.1 cm³/mol. The SMILES string of the molecule is CCCCCCCCCCCC[O].CCOS(=O)(=O)O.[MgH2]. The highest BCUT2D eigenvalue weighted by atomic mass is 32.3. The summed E-state index contributed by atoms with van der Waals surface area (Å²) in [4.78, 5) is 0. The third-order valence-electron chi connectivity index (χ3n) is 2.76. The zero-order valence-electron chi connectivity index (χ0n) is 13.0. The lowest BCUT2D eigenvalue weighted by molar-refractivity contribution is 0.186. The molecule has 0 aliphatic heterocycles. The van der Waals surface area contributed by atoms with E-state index in [1.54, 1.807) is 0 Å². The van der Waals surface area contributed by atoms with E-state index in [0.29, 0.717) is 0 Å². The van der Waals surface area contributed by atoms with Gasteiger partial charge in [0, 0.05) is 0 Å². The number of hydrogen-bond acceptors (Lipinski definition) is 3. The molecule has 127 valence electrons. The van der Waals surface area contributed by atoms with E-state index in [9.17, 15) is 13.5 Å². The fourth-order valence-corrected chi connectivity index (χ4v) is 2.04. The Labute approximate surface area is 147 Å². The van der Waals surface area contributed by atoms with Crippen LogP contribution >= 0.6 is 0 Å². The van der Waals surface area contributed by atoms with Crippen LogP contribution in [0.2, 0.25) is 0 Å². The molecule has 21 heavy (non-hydrogen) atoms. The van der Waals surface area contributed by atoms with Gasteiger partial charge in [-0.3, -0.25) is 4.55 Å². The fourth-order valence-electron chi connectivity index (χ4n) is 1.74. The van der Waals surface area contributed by atoms with Crippen LogP contribution in [0.3, 0.4) is 0 Å². The highest BCUT2D eigenvalue weighted by Gasteiger charge is 1.98. The average Bonchev–Trinajstić information content (AvgIpc) is 2.36. The number of rotatable bonds is 12. The van der Waals surface area contributed by atoms with Crippen LogP contribution in [0.5, 0.6) is 0 Å². The van der Waals surface area contributed by atoms with Gasteiger partial charge >= 0.3 is 33.5 Å². The maximum Gasteiger partial charge on any atom is 0.397 e. The normalized spacial score (nSPS) is 10.5. The Balaban J connectivity index is -0.000000347. The second-order valence-corrected chi connectivity index (χ2v) is 5.81. The largest absolute Gasteiger partial charge is 0.397 e. The van der Waals surface area contributed by atoms with Crippen LogP contribution < -0.4 is 0 Å². The highest BCUT2D eigenvalue weighted by molar-refractivity contribution is 7.80. The molecule has 0 heterocycles. The van der Waals surface area contributed by atoms with Gasteiger partial charge in [-0.15, -0.1) is 0 Å². The van der Waals surface area contributed by atoms with Gasteiger partial charge in [-0.2, -0.15) is 8.42 Å². The van der Waals surface area contributed by atoms with E-state index in [-0.39, 0.29) is 36.3 Å². The summed E-state index contributed by atoms with van der Waals surface area (Å²) in [6.07, 6.45) is 13.0. The molecule has 0 fully saturated rings. The molecule has 0 atom stereocenters. The van der Waals surface area contributed by atoms with Crippen LogP contribution in [0.1, 0.15) is 78.1 Å². The van der Waals surface area contributed by atoms with Gasteiger partial charge in [0.15, 0.2) is 0 Å². The smallest absolute Gasteiger partial charge is 0.264 e. The minimum atomic E-state index is -4.17. The molecule has 0 aromatic rings. The first kappa shape index (κ1) is 26.5. The van der Waals surface area contributed by atoms with Crippen LogP contribution in [0, 0.1) is 0 Å². The Morgan fingerprint density at radius 2 is 1.19 bits per heavy atom. The van der Waals surface area contributed by atoms with Crippen LogP contribution in [0.15, 0.2) is 0 Å². The first-order valence-corrected chi connectivity index (χ1v) is 9.04. The first-order chi connectivity index (χ1) is 9.47. The molecule has 7 heteroatoms. The van der Waals surface area contributed by atoms with Crippen molar-refractivity contribution in [2.75, 3.05) is 13.2 Å². The van der Waals surface area contributed by atoms with Gasteiger partial charge in [0.1, 0.15) is 0 Å². The zero-order valence-corrected chi connectivity index (χ0v) is 13.8. The Kier molecular flexibility index (Phi) is 26.0. The zero-order chi connectivity index (χ0) is 15.7. The summed E-state index contributed by atoms with van der Waals surface area (Å²) in [5.41, 5.74) is 0. The van der Waals surface area contributed by atoms with Crippen LogP contribution in [0.4, 0.5) is 0 Å². The second-order valence-electron chi connectivity index (χ2n) is 4.72. The topological polar surface area (TPSA) is 83.5 Å². The molecule has 0 aromatic carbocycles. The molecule has 0 aromatic heterocycles. The molecule has 5 nitrogen and oxygen atoms in total. The van der Waals surface area contributed by atoms with Gasteiger partial charge in [-0.05, 0) is 13.3 Å². The van der Waals surface area contributed by atoms with E-state index in [0.717, 1.165) is 12.8 Å². The van der Waals surface area contributed by atoms with Crippen molar-refractivity contribution < 1.29 is 22.3 Å². The monoisotopic (exact) mass is 337 g/mol. The molecule has 0 spiro atoms. The minimum Gasteiger partial charge on any atom is -0.264 e. The maximum atomic E-state index is 10.1. The average molecular weight is 338 g/mol. The van der Waals surface area contributed by atoms with E-state index in [4.69, 9.17) is 4.55 Å². The minimum absolute atomic E-state index is 0. The molecule has 0 saturated carbocycles. The van der Waals surface area contributed by atoms with E-state index in [1.165, 1.54) is 58.3 Å². The highest BCUT2D eigenvalue weighted by Crippen LogP contribution is 2.10. The molecule has 0 amide bonds. The Hall–Kier alpha value is 0.596. The lowest BCUT2D eigenvalue weighted by atomic mass is 10.1. The van der Waals surface area contributed by atoms with E-state index in [1.807, 2.05) is 0 Å². The van der Waals surface area contributed by atoms with Crippen molar-refractivity contribution in [3.63, 3.8) is 0 Å². The van der Waals surface area contributed by atoms with Gasteiger partial charge in [0.25, 0.3) is 0 Å². The molecular formula is C14H33MgO5S. The third-order valence-corrected chi connectivity index (χ3v) is 3.30. The summed E-state index contributed by atoms with van der Waals surface area (Å²) >= 11 is 0. The van der Waals surface area contributed by atoms with Crippen molar-refractivity contribution in [1.82, 2.24) is 0 Å². The Morgan fingerprint density at radius 1 is 0.810 bits per heavy atom. The summed E-state index contributed by atoms with van der Waals surface area (Å²) in [5.74, 6) is 0. The van der Waals surface area contributed by atoms with Crippen LogP contribution in [0.25, 0.3) is 0 Å². The molecule has 0 aliphatic carbocycles. The second kappa shape index (κ2) is 20.6. The summed E-state index contributed by atoms with van der Waals surface area (Å²) in [6.45, 7) is 3.81. The van der Waals surface area contributed by atoms with Crippen molar-refractivity contribution in [2.45, 2.75) is 78.1 Å². The van der Waals surface area contributed by atoms with E-state index < -0.39 is 10.4 Å². The van der Waals surface area contributed by atoms with Gasteiger partial charge < -0.3 is 0 Å². The van der Waals surface area contributed by atoms with Crippen molar-refractivity contribution in [2.24, 2.45) is 0 Å². The van der Waals surface area contributed by atoms with E-state index >= 15 is 0 Å². The van der Waals surface area contributed by atoms with Crippen LogP contribution in [-0.2, 0) is 19.7 Å². The van der Waals surface area contributed by atoms with Gasteiger partial charge in [-0.1, -0.05) is 64.7 Å². The molecule has 1 N–H and O–H groups in total. The van der Waals surface area contributed by atoms with Gasteiger partial charge in [0.2, 0.25) is 0 Å². The molecule has 0 saturated heterocycles. The molecule has 0 unspecified atom stereocenters. The molecular weight excluding hydrogens is 305 g/mol. The Bertz CT molecular complexity index is 261. The quantitative estimate of drug-likeness (QED) is 0.336. The standard InChI is InChI=1S/C12H25O.C2H6O4S.Mg.2H/c1-2-3-4-5-6-7-8-9-10-11-12-13;1-2-6-7(3,4)5;;;/h2-12H2,1H3;2H2,1H3,(H,3,4,5);;;. The van der Waals surface area contributed by atoms with Crippen molar-refractivity contribution in [3.05, 3.63) is 0 Å². The van der Waals surface area contributed by atoms with Crippen LogP contribution in [-0.4, -0.2) is 49.2 Å². The van der Waals surface area contributed by atoms with Crippen molar-refractivity contribution in [3.8, 4) is 0 Å². The number of hydrogen-bond donors (Lipinski definition) is 1.